The van der Waals surface area contributed by atoms with Gasteiger partial charge in [0.25, 0.3) is 0 Å². The summed E-state index contributed by atoms with van der Waals surface area (Å²) in [4.78, 5) is 2.56. The molecule has 2 unspecified atom stereocenters. The highest BCUT2D eigenvalue weighted by Crippen LogP contribution is 2.19. The molecule has 0 aliphatic carbocycles. The van der Waals surface area contributed by atoms with Crippen molar-refractivity contribution in [2.75, 3.05) is 32.8 Å². The second-order valence-electron chi connectivity index (χ2n) is 4.97. The molecule has 0 radical (unpaired) electrons. The van der Waals surface area contributed by atoms with Crippen LogP contribution in [-0.4, -0.2) is 43.8 Å². The van der Waals surface area contributed by atoms with Crippen LogP contribution in [0.5, 0.6) is 0 Å². The fraction of sp³-hybridized carbons (Fsp3) is 1.00. The van der Waals surface area contributed by atoms with E-state index in [0.29, 0.717) is 6.10 Å². The zero-order valence-corrected chi connectivity index (χ0v) is 9.66. The first-order valence-electron chi connectivity index (χ1n) is 6.42. The molecule has 0 saturated carbocycles. The Morgan fingerprint density at radius 3 is 2.93 bits per heavy atom. The Labute approximate surface area is 93.0 Å². The highest BCUT2D eigenvalue weighted by Gasteiger charge is 2.21. The zero-order chi connectivity index (χ0) is 10.5. The van der Waals surface area contributed by atoms with Crippen LogP contribution in [-0.2, 0) is 4.74 Å². The van der Waals surface area contributed by atoms with Crippen molar-refractivity contribution < 1.29 is 4.74 Å². The third kappa shape index (κ3) is 3.44. The van der Waals surface area contributed by atoms with E-state index < -0.39 is 0 Å². The van der Waals surface area contributed by atoms with Crippen LogP contribution in [0.25, 0.3) is 0 Å². The van der Waals surface area contributed by atoms with Crippen molar-refractivity contribution in [1.82, 2.24) is 4.90 Å². The molecular formula is C12H24N2O. The maximum absolute atomic E-state index is 5.68. The highest BCUT2D eigenvalue weighted by molar-refractivity contribution is 4.76. The number of ether oxygens (including phenoxy) is 1. The summed E-state index contributed by atoms with van der Waals surface area (Å²) in [7, 11) is 0. The summed E-state index contributed by atoms with van der Waals surface area (Å²) < 4.78 is 5.62. The molecule has 0 aromatic rings. The molecule has 2 saturated heterocycles. The van der Waals surface area contributed by atoms with Gasteiger partial charge in [-0.3, -0.25) is 0 Å². The van der Waals surface area contributed by atoms with Gasteiger partial charge in [-0.2, -0.15) is 0 Å². The predicted octanol–water partition coefficient (Wildman–Crippen LogP) is 1.23. The van der Waals surface area contributed by atoms with E-state index in [1.54, 1.807) is 0 Å². The maximum atomic E-state index is 5.68. The second kappa shape index (κ2) is 5.83. The standard InChI is InChI=1S/C12H24N2O/c13-9-11-5-7-14(10-11)6-1-3-12-4-2-8-15-12/h11-12H,1-10,13H2. The van der Waals surface area contributed by atoms with Gasteiger partial charge in [0.15, 0.2) is 0 Å². The fourth-order valence-electron chi connectivity index (χ4n) is 2.72. The summed E-state index contributed by atoms with van der Waals surface area (Å²) in [5, 5.41) is 0. The van der Waals surface area contributed by atoms with Gasteiger partial charge >= 0.3 is 0 Å². The molecule has 3 heteroatoms. The Morgan fingerprint density at radius 1 is 1.33 bits per heavy atom. The molecule has 2 heterocycles. The molecule has 0 spiro atoms. The van der Waals surface area contributed by atoms with E-state index in [9.17, 15) is 0 Å². The van der Waals surface area contributed by atoms with E-state index in [2.05, 4.69) is 4.90 Å². The lowest BCUT2D eigenvalue weighted by Crippen LogP contribution is -2.24. The van der Waals surface area contributed by atoms with Crippen LogP contribution in [0.1, 0.15) is 32.1 Å². The molecule has 88 valence electrons. The molecule has 0 bridgehead atoms. The average molecular weight is 212 g/mol. The number of hydrogen-bond acceptors (Lipinski definition) is 3. The molecule has 3 nitrogen and oxygen atoms in total. The predicted molar refractivity (Wildman–Crippen MR) is 61.8 cm³/mol. The molecule has 15 heavy (non-hydrogen) atoms. The van der Waals surface area contributed by atoms with Gasteiger partial charge in [-0.15, -0.1) is 0 Å². The largest absolute Gasteiger partial charge is 0.378 e. The van der Waals surface area contributed by atoms with Crippen LogP contribution >= 0.6 is 0 Å². The quantitative estimate of drug-likeness (QED) is 0.745. The number of hydrogen-bond donors (Lipinski definition) is 1. The first-order valence-corrected chi connectivity index (χ1v) is 6.42. The minimum absolute atomic E-state index is 0.568. The van der Waals surface area contributed by atoms with Gasteiger partial charge in [-0.1, -0.05) is 0 Å². The van der Waals surface area contributed by atoms with Crippen LogP contribution in [0.3, 0.4) is 0 Å². The van der Waals surface area contributed by atoms with Crippen molar-refractivity contribution in [2.24, 2.45) is 11.7 Å². The van der Waals surface area contributed by atoms with E-state index in [1.165, 1.54) is 51.7 Å². The number of nitrogens with two attached hydrogens (primary N) is 1. The number of nitrogens with zero attached hydrogens (tertiary/aromatic N) is 1. The Kier molecular flexibility index (Phi) is 4.42. The molecular weight excluding hydrogens is 188 g/mol. The fourth-order valence-corrected chi connectivity index (χ4v) is 2.72. The minimum atomic E-state index is 0.568. The molecule has 2 aliphatic heterocycles. The van der Waals surface area contributed by atoms with Crippen molar-refractivity contribution in [3.8, 4) is 0 Å². The van der Waals surface area contributed by atoms with Crippen LogP contribution in [0.15, 0.2) is 0 Å². The van der Waals surface area contributed by atoms with Gasteiger partial charge in [0, 0.05) is 13.2 Å². The Balaban J connectivity index is 1.54. The molecule has 2 aliphatic rings. The summed E-state index contributed by atoms with van der Waals surface area (Å²) in [5.41, 5.74) is 5.68. The third-order valence-corrected chi connectivity index (χ3v) is 3.73. The van der Waals surface area contributed by atoms with Gasteiger partial charge in [0.05, 0.1) is 6.10 Å². The van der Waals surface area contributed by atoms with Gasteiger partial charge < -0.3 is 15.4 Å². The molecule has 2 atom stereocenters. The number of rotatable bonds is 5. The van der Waals surface area contributed by atoms with Crippen molar-refractivity contribution in [2.45, 2.75) is 38.2 Å². The summed E-state index contributed by atoms with van der Waals surface area (Å²) >= 11 is 0. The molecule has 2 N–H and O–H groups in total. The van der Waals surface area contributed by atoms with Crippen molar-refractivity contribution in [3.63, 3.8) is 0 Å². The topological polar surface area (TPSA) is 38.5 Å². The van der Waals surface area contributed by atoms with Gasteiger partial charge in [-0.05, 0) is 57.7 Å². The summed E-state index contributed by atoms with van der Waals surface area (Å²) in [6.45, 7) is 5.58. The summed E-state index contributed by atoms with van der Waals surface area (Å²) in [5.74, 6) is 0.757. The number of likely N-dealkylation sites (tertiary alicyclic amines) is 1. The minimum Gasteiger partial charge on any atom is -0.378 e. The monoisotopic (exact) mass is 212 g/mol. The van der Waals surface area contributed by atoms with E-state index in [4.69, 9.17) is 10.5 Å². The summed E-state index contributed by atoms with van der Waals surface area (Å²) in [6, 6.07) is 0. The lowest BCUT2D eigenvalue weighted by Gasteiger charge is -2.16. The lowest BCUT2D eigenvalue weighted by molar-refractivity contribution is 0.0995. The van der Waals surface area contributed by atoms with Gasteiger partial charge in [0.2, 0.25) is 0 Å². The summed E-state index contributed by atoms with van der Waals surface area (Å²) in [6.07, 6.45) is 6.97. The molecule has 0 aromatic heterocycles. The highest BCUT2D eigenvalue weighted by atomic mass is 16.5. The van der Waals surface area contributed by atoms with Crippen LogP contribution in [0.2, 0.25) is 0 Å². The van der Waals surface area contributed by atoms with E-state index >= 15 is 0 Å². The first kappa shape index (κ1) is 11.4. The smallest absolute Gasteiger partial charge is 0.0576 e. The van der Waals surface area contributed by atoms with Crippen molar-refractivity contribution in [1.29, 1.82) is 0 Å². The maximum Gasteiger partial charge on any atom is 0.0576 e. The molecule has 2 fully saturated rings. The molecule has 0 aromatic carbocycles. The van der Waals surface area contributed by atoms with Crippen LogP contribution in [0.4, 0.5) is 0 Å². The SMILES string of the molecule is NCC1CCN(CCCC2CCCO2)C1. The Hall–Kier alpha value is -0.120. The Bertz CT molecular complexity index is 180. The third-order valence-electron chi connectivity index (χ3n) is 3.73. The van der Waals surface area contributed by atoms with E-state index in [0.717, 1.165) is 19.1 Å². The van der Waals surface area contributed by atoms with E-state index in [-0.39, 0.29) is 0 Å². The van der Waals surface area contributed by atoms with Crippen molar-refractivity contribution >= 4 is 0 Å². The first-order chi connectivity index (χ1) is 7.38. The van der Waals surface area contributed by atoms with Crippen molar-refractivity contribution in [3.05, 3.63) is 0 Å². The van der Waals surface area contributed by atoms with Crippen LogP contribution in [0, 0.1) is 5.92 Å². The Morgan fingerprint density at radius 2 is 2.27 bits per heavy atom. The van der Waals surface area contributed by atoms with Gasteiger partial charge in [0.1, 0.15) is 0 Å². The molecule has 0 amide bonds. The normalized spacial score (nSPS) is 32.6. The zero-order valence-electron chi connectivity index (χ0n) is 9.66. The van der Waals surface area contributed by atoms with Crippen LogP contribution < -0.4 is 5.73 Å². The average Bonchev–Trinajstić information content (AvgIpc) is 2.88. The van der Waals surface area contributed by atoms with Gasteiger partial charge in [-0.25, -0.2) is 0 Å². The van der Waals surface area contributed by atoms with E-state index in [1.807, 2.05) is 0 Å². The lowest BCUT2D eigenvalue weighted by atomic mass is 10.1. The second-order valence-corrected chi connectivity index (χ2v) is 4.97. The molecule has 2 rings (SSSR count).